The van der Waals surface area contributed by atoms with E-state index in [9.17, 15) is 0 Å². The van der Waals surface area contributed by atoms with Gasteiger partial charge in [-0.3, -0.25) is 9.89 Å². The Kier molecular flexibility index (Phi) is 7.56. The van der Waals surface area contributed by atoms with Gasteiger partial charge in [-0.2, -0.15) is 5.10 Å². The van der Waals surface area contributed by atoms with Crippen LogP contribution in [0.2, 0.25) is 0 Å². The number of hydrogen-bond donors (Lipinski definition) is 1. The SMILES string of the molecule is CN=C(NCc1ccccc1-n1nc(C)cc1C)N1CCC(N2CCCC2)C1.I. The van der Waals surface area contributed by atoms with Crippen LogP contribution in [0, 0.1) is 13.8 Å². The highest BCUT2D eigenvalue weighted by Crippen LogP contribution is 2.21. The fraction of sp³-hybridized carbons (Fsp3) is 0.545. The number of para-hydroxylation sites is 1. The largest absolute Gasteiger partial charge is 0.352 e. The number of likely N-dealkylation sites (tertiary alicyclic amines) is 2. The van der Waals surface area contributed by atoms with Crippen LogP contribution in [0.1, 0.15) is 36.2 Å². The predicted molar refractivity (Wildman–Crippen MR) is 129 cm³/mol. The molecule has 1 aromatic heterocycles. The van der Waals surface area contributed by atoms with E-state index in [4.69, 9.17) is 0 Å². The lowest BCUT2D eigenvalue weighted by Crippen LogP contribution is -2.42. The summed E-state index contributed by atoms with van der Waals surface area (Å²) in [7, 11) is 1.89. The Morgan fingerprint density at radius 2 is 1.93 bits per heavy atom. The van der Waals surface area contributed by atoms with E-state index in [-0.39, 0.29) is 24.0 Å². The summed E-state index contributed by atoms with van der Waals surface area (Å²) in [4.78, 5) is 9.63. The van der Waals surface area contributed by atoms with E-state index in [1.165, 1.54) is 37.9 Å². The van der Waals surface area contributed by atoms with Crippen LogP contribution in [-0.2, 0) is 6.54 Å². The van der Waals surface area contributed by atoms with Crippen molar-refractivity contribution in [3.63, 3.8) is 0 Å². The number of hydrogen-bond acceptors (Lipinski definition) is 3. The number of benzene rings is 1. The van der Waals surface area contributed by atoms with E-state index in [1.54, 1.807) is 0 Å². The molecule has 0 radical (unpaired) electrons. The molecule has 29 heavy (non-hydrogen) atoms. The maximum atomic E-state index is 4.66. The van der Waals surface area contributed by atoms with E-state index >= 15 is 0 Å². The topological polar surface area (TPSA) is 48.7 Å². The second-order valence-electron chi connectivity index (χ2n) is 8.00. The molecule has 4 rings (SSSR count). The average Bonchev–Trinajstić information content (AvgIpc) is 3.43. The van der Waals surface area contributed by atoms with Gasteiger partial charge in [0.1, 0.15) is 0 Å². The molecule has 3 heterocycles. The number of aliphatic imine (C=N–C) groups is 1. The van der Waals surface area contributed by atoms with Gasteiger partial charge in [0.05, 0.1) is 11.4 Å². The molecule has 0 bridgehead atoms. The van der Waals surface area contributed by atoms with Gasteiger partial charge < -0.3 is 10.2 Å². The van der Waals surface area contributed by atoms with Crippen molar-refractivity contribution in [1.82, 2.24) is 24.9 Å². The van der Waals surface area contributed by atoms with Crippen molar-refractivity contribution in [3.05, 3.63) is 47.3 Å². The van der Waals surface area contributed by atoms with Gasteiger partial charge in [-0.15, -0.1) is 24.0 Å². The van der Waals surface area contributed by atoms with Crippen molar-refractivity contribution in [2.24, 2.45) is 4.99 Å². The number of nitrogens with one attached hydrogen (secondary N) is 1. The number of rotatable bonds is 4. The third-order valence-corrected chi connectivity index (χ3v) is 6.00. The molecular weight excluding hydrogens is 475 g/mol. The summed E-state index contributed by atoms with van der Waals surface area (Å²) in [6.45, 7) is 9.58. The van der Waals surface area contributed by atoms with Gasteiger partial charge in [0, 0.05) is 38.4 Å². The quantitative estimate of drug-likeness (QED) is 0.391. The normalized spacial score (nSPS) is 20.2. The standard InChI is InChI=1S/C22H32N6.HI/c1-17-14-18(2)28(25-17)21-9-5-4-8-19(21)15-24-22(23-3)27-13-10-20(16-27)26-11-6-7-12-26;/h4-5,8-9,14,20H,6-7,10-13,15-16H2,1-3H3,(H,23,24);1H. The van der Waals surface area contributed by atoms with Crippen LogP contribution >= 0.6 is 24.0 Å². The minimum absolute atomic E-state index is 0. The van der Waals surface area contributed by atoms with Crippen LogP contribution in [-0.4, -0.2) is 64.8 Å². The van der Waals surface area contributed by atoms with Gasteiger partial charge in [-0.1, -0.05) is 18.2 Å². The molecule has 0 spiro atoms. The summed E-state index contributed by atoms with van der Waals surface area (Å²) in [5, 5.41) is 8.25. The van der Waals surface area contributed by atoms with Crippen LogP contribution in [0.15, 0.2) is 35.3 Å². The van der Waals surface area contributed by atoms with Crippen molar-refractivity contribution in [1.29, 1.82) is 0 Å². The molecule has 0 amide bonds. The van der Waals surface area contributed by atoms with Crippen molar-refractivity contribution >= 4 is 29.9 Å². The fourth-order valence-electron chi connectivity index (χ4n) is 4.59. The van der Waals surface area contributed by atoms with Crippen LogP contribution in [0.3, 0.4) is 0 Å². The molecule has 0 aliphatic carbocycles. The fourth-order valence-corrected chi connectivity index (χ4v) is 4.59. The van der Waals surface area contributed by atoms with E-state index in [0.29, 0.717) is 6.04 Å². The second-order valence-corrected chi connectivity index (χ2v) is 8.00. The summed E-state index contributed by atoms with van der Waals surface area (Å²) < 4.78 is 2.04. The number of aryl methyl sites for hydroxylation is 2. The Hall–Kier alpha value is -1.61. The number of halogens is 1. The van der Waals surface area contributed by atoms with Gasteiger partial charge in [0.2, 0.25) is 0 Å². The molecule has 1 unspecified atom stereocenters. The Morgan fingerprint density at radius 1 is 1.17 bits per heavy atom. The molecule has 1 N–H and O–H groups in total. The zero-order valence-corrected chi connectivity index (χ0v) is 20.1. The van der Waals surface area contributed by atoms with E-state index in [2.05, 4.69) is 62.5 Å². The van der Waals surface area contributed by atoms with Crippen LogP contribution in [0.5, 0.6) is 0 Å². The Labute approximate surface area is 191 Å². The molecule has 0 saturated carbocycles. The second kappa shape index (κ2) is 9.93. The van der Waals surface area contributed by atoms with Crippen molar-refractivity contribution in [3.8, 4) is 5.69 Å². The maximum absolute atomic E-state index is 4.66. The third kappa shape index (κ3) is 4.94. The van der Waals surface area contributed by atoms with Gasteiger partial charge in [0.25, 0.3) is 0 Å². The highest BCUT2D eigenvalue weighted by molar-refractivity contribution is 14.0. The molecule has 2 fully saturated rings. The number of guanidine groups is 1. The molecule has 2 aliphatic heterocycles. The zero-order valence-electron chi connectivity index (χ0n) is 17.8. The molecule has 7 heteroatoms. The lowest BCUT2D eigenvalue weighted by Gasteiger charge is -2.25. The summed E-state index contributed by atoms with van der Waals surface area (Å²) >= 11 is 0. The molecule has 6 nitrogen and oxygen atoms in total. The van der Waals surface area contributed by atoms with Crippen LogP contribution in [0.4, 0.5) is 0 Å². The van der Waals surface area contributed by atoms with Crippen LogP contribution in [0.25, 0.3) is 5.69 Å². The first-order valence-corrected chi connectivity index (χ1v) is 10.5. The van der Waals surface area contributed by atoms with Crippen LogP contribution < -0.4 is 5.32 Å². The molecule has 2 aliphatic rings. The Bertz CT molecular complexity index is 840. The Morgan fingerprint density at radius 3 is 2.62 bits per heavy atom. The van der Waals surface area contributed by atoms with E-state index in [0.717, 1.165) is 42.7 Å². The maximum Gasteiger partial charge on any atom is 0.193 e. The molecule has 2 aromatic rings. The van der Waals surface area contributed by atoms with E-state index in [1.807, 2.05) is 18.7 Å². The van der Waals surface area contributed by atoms with Crippen molar-refractivity contribution < 1.29 is 0 Å². The lowest BCUT2D eigenvalue weighted by molar-refractivity contribution is 0.249. The highest BCUT2D eigenvalue weighted by Gasteiger charge is 2.30. The van der Waals surface area contributed by atoms with Gasteiger partial charge in [-0.05, 0) is 63.9 Å². The monoisotopic (exact) mass is 508 g/mol. The third-order valence-electron chi connectivity index (χ3n) is 6.00. The van der Waals surface area contributed by atoms with Crippen molar-refractivity contribution in [2.45, 2.75) is 45.7 Å². The summed E-state index contributed by atoms with van der Waals surface area (Å²) in [5.74, 6) is 1.00. The van der Waals surface area contributed by atoms with Gasteiger partial charge in [0.15, 0.2) is 5.96 Å². The summed E-state index contributed by atoms with van der Waals surface area (Å²) in [6, 6.07) is 11.3. The minimum atomic E-state index is 0. The molecule has 1 aromatic carbocycles. The summed E-state index contributed by atoms with van der Waals surface area (Å²) in [6.07, 6.45) is 3.95. The average molecular weight is 508 g/mol. The number of nitrogens with zero attached hydrogens (tertiary/aromatic N) is 5. The molecule has 2 saturated heterocycles. The molecular formula is C22H33IN6. The minimum Gasteiger partial charge on any atom is -0.352 e. The first-order chi connectivity index (χ1) is 13.7. The van der Waals surface area contributed by atoms with Gasteiger partial charge in [-0.25, -0.2) is 4.68 Å². The number of aromatic nitrogens is 2. The molecule has 158 valence electrons. The van der Waals surface area contributed by atoms with Crippen molar-refractivity contribution in [2.75, 3.05) is 33.2 Å². The van der Waals surface area contributed by atoms with E-state index < -0.39 is 0 Å². The smallest absolute Gasteiger partial charge is 0.193 e. The first kappa shape index (κ1) is 22.1. The summed E-state index contributed by atoms with van der Waals surface area (Å²) in [5.41, 5.74) is 4.56. The molecule has 1 atom stereocenters. The zero-order chi connectivity index (χ0) is 19.5. The Balaban J connectivity index is 0.00000240. The lowest BCUT2D eigenvalue weighted by atomic mass is 10.1. The predicted octanol–water partition coefficient (Wildman–Crippen LogP) is 3.35. The van der Waals surface area contributed by atoms with Gasteiger partial charge >= 0.3 is 0 Å². The first-order valence-electron chi connectivity index (χ1n) is 10.5. The highest BCUT2D eigenvalue weighted by atomic mass is 127.